The predicted octanol–water partition coefficient (Wildman–Crippen LogP) is 3.53. The summed E-state index contributed by atoms with van der Waals surface area (Å²) in [6, 6.07) is 12.6. The van der Waals surface area contributed by atoms with Gasteiger partial charge in [0.05, 0.1) is 11.0 Å². The number of nitrogen functional groups attached to an aromatic ring is 1. The molecule has 0 bridgehead atoms. The van der Waals surface area contributed by atoms with E-state index in [4.69, 9.17) is 5.73 Å². The second kappa shape index (κ2) is 4.12. The molecule has 0 atom stereocenters. The largest absolute Gasteiger partial charge is 0.369 e. The number of anilines is 1. The highest BCUT2D eigenvalue weighted by Crippen LogP contribution is 2.25. The lowest BCUT2D eigenvalue weighted by molar-refractivity contribution is 1.10. The second-order valence-corrected chi connectivity index (χ2v) is 5.07. The molecular formula is C16H17N3. The molecule has 2 aromatic carbocycles. The van der Waals surface area contributed by atoms with Gasteiger partial charge in [0.15, 0.2) is 0 Å². The summed E-state index contributed by atoms with van der Waals surface area (Å²) in [5.74, 6) is 0.531. The average molecular weight is 251 g/mol. The molecule has 0 aliphatic heterocycles. The number of hydrogen-bond donors (Lipinski definition) is 1. The lowest BCUT2D eigenvalue weighted by Gasteiger charge is -2.09. The standard InChI is InChI=1S/C16H17N3/c1-10-4-7-15-14(8-10)18-16(17)19(15)13-6-5-11(2)12(3)9-13/h4-9H,1-3H3,(H2,17,18). The zero-order valence-electron chi connectivity index (χ0n) is 11.4. The van der Waals surface area contributed by atoms with E-state index < -0.39 is 0 Å². The van der Waals surface area contributed by atoms with Crippen LogP contribution in [-0.4, -0.2) is 9.55 Å². The van der Waals surface area contributed by atoms with Crippen LogP contribution in [0.5, 0.6) is 0 Å². The molecule has 1 heterocycles. The molecule has 96 valence electrons. The zero-order valence-corrected chi connectivity index (χ0v) is 11.4. The molecular weight excluding hydrogens is 234 g/mol. The minimum atomic E-state index is 0.531. The van der Waals surface area contributed by atoms with E-state index in [0.717, 1.165) is 16.7 Å². The smallest absolute Gasteiger partial charge is 0.205 e. The van der Waals surface area contributed by atoms with Crippen molar-refractivity contribution < 1.29 is 0 Å². The highest BCUT2D eigenvalue weighted by Gasteiger charge is 2.10. The summed E-state index contributed by atoms with van der Waals surface area (Å²) in [4.78, 5) is 4.44. The molecule has 2 N–H and O–H groups in total. The van der Waals surface area contributed by atoms with Crippen LogP contribution in [0.4, 0.5) is 5.95 Å². The number of rotatable bonds is 1. The SMILES string of the molecule is Cc1ccc2c(c1)nc(N)n2-c1ccc(C)c(C)c1. The van der Waals surface area contributed by atoms with Gasteiger partial charge >= 0.3 is 0 Å². The van der Waals surface area contributed by atoms with Crippen LogP contribution in [0.3, 0.4) is 0 Å². The maximum atomic E-state index is 6.08. The number of nitrogens with zero attached hydrogens (tertiary/aromatic N) is 2. The minimum absolute atomic E-state index is 0.531. The summed E-state index contributed by atoms with van der Waals surface area (Å²) in [5.41, 5.74) is 12.9. The molecule has 1 aromatic heterocycles. The van der Waals surface area contributed by atoms with Gasteiger partial charge in [-0.15, -0.1) is 0 Å². The van der Waals surface area contributed by atoms with Gasteiger partial charge in [-0.05, 0) is 61.7 Å². The Morgan fingerprint density at radius 1 is 0.947 bits per heavy atom. The number of hydrogen-bond acceptors (Lipinski definition) is 2. The van der Waals surface area contributed by atoms with E-state index in [1.165, 1.54) is 16.7 Å². The maximum Gasteiger partial charge on any atom is 0.205 e. The zero-order chi connectivity index (χ0) is 13.6. The number of fused-ring (bicyclic) bond motifs is 1. The number of aryl methyl sites for hydroxylation is 3. The fraction of sp³-hybridized carbons (Fsp3) is 0.188. The third-order valence-corrected chi connectivity index (χ3v) is 3.58. The third-order valence-electron chi connectivity index (χ3n) is 3.58. The number of aromatic nitrogens is 2. The fourth-order valence-corrected chi connectivity index (χ4v) is 2.34. The first-order valence-corrected chi connectivity index (χ1v) is 6.38. The Bertz CT molecular complexity index is 769. The van der Waals surface area contributed by atoms with E-state index >= 15 is 0 Å². The summed E-state index contributed by atoms with van der Waals surface area (Å²) < 4.78 is 2.00. The van der Waals surface area contributed by atoms with E-state index in [0.29, 0.717) is 5.95 Å². The molecule has 0 spiro atoms. The molecule has 3 aromatic rings. The summed E-state index contributed by atoms with van der Waals surface area (Å²) in [6.45, 7) is 6.28. The van der Waals surface area contributed by atoms with Gasteiger partial charge in [-0.1, -0.05) is 12.1 Å². The number of imidazole rings is 1. The van der Waals surface area contributed by atoms with Gasteiger partial charge in [0.25, 0.3) is 0 Å². The lowest BCUT2D eigenvalue weighted by atomic mass is 10.1. The van der Waals surface area contributed by atoms with E-state index in [2.05, 4.69) is 62.2 Å². The van der Waals surface area contributed by atoms with Gasteiger partial charge in [0.2, 0.25) is 5.95 Å². The molecule has 0 fully saturated rings. The normalized spacial score (nSPS) is 11.1. The van der Waals surface area contributed by atoms with Crippen molar-refractivity contribution in [3.63, 3.8) is 0 Å². The van der Waals surface area contributed by atoms with Crippen molar-refractivity contribution >= 4 is 17.0 Å². The van der Waals surface area contributed by atoms with Gasteiger partial charge in [-0.3, -0.25) is 4.57 Å². The van der Waals surface area contributed by atoms with Gasteiger partial charge < -0.3 is 5.73 Å². The summed E-state index contributed by atoms with van der Waals surface area (Å²) in [7, 11) is 0. The molecule has 3 rings (SSSR count). The van der Waals surface area contributed by atoms with Gasteiger partial charge in [0, 0.05) is 5.69 Å². The first kappa shape index (κ1) is 11.8. The van der Waals surface area contributed by atoms with Gasteiger partial charge in [-0.25, -0.2) is 4.98 Å². The van der Waals surface area contributed by atoms with Crippen LogP contribution in [0.1, 0.15) is 16.7 Å². The monoisotopic (exact) mass is 251 g/mol. The van der Waals surface area contributed by atoms with E-state index in [1.807, 2.05) is 4.57 Å². The Kier molecular flexibility index (Phi) is 2.56. The molecule has 19 heavy (non-hydrogen) atoms. The predicted molar refractivity (Wildman–Crippen MR) is 79.7 cm³/mol. The van der Waals surface area contributed by atoms with E-state index in [9.17, 15) is 0 Å². The van der Waals surface area contributed by atoms with Crippen LogP contribution in [0.2, 0.25) is 0 Å². The van der Waals surface area contributed by atoms with E-state index in [1.54, 1.807) is 0 Å². The Morgan fingerprint density at radius 2 is 1.74 bits per heavy atom. The van der Waals surface area contributed by atoms with E-state index in [-0.39, 0.29) is 0 Å². The van der Waals surface area contributed by atoms with Crippen molar-refractivity contribution in [2.24, 2.45) is 0 Å². The molecule has 0 aliphatic carbocycles. The summed E-state index contributed by atoms with van der Waals surface area (Å²) in [6.07, 6.45) is 0. The Balaban J connectivity index is 2.29. The van der Waals surface area contributed by atoms with Crippen molar-refractivity contribution in [2.75, 3.05) is 5.73 Å². The maximum absolute atomic E-state index is 6.08. The van der Waals surface area contributed by atoms with Crippen LogP contribution in [0, 0.1) is 20.8 Å². The van der Waals surface area contributed by atoms with Gasteiger partial charge in [-0.2, -0.15) is 0 Å². The van der Waals surface area contributed by atoms with Crippen molar-refractivity contribution in [3.8, 4) is 5.69 Å². The summed E-state index contributed by atoms with van der Waals surface area (Å²) >= 11 is 0. The quantitative estimate of drug-likeness (QED) is 0.719. The fourth-order valence-electron chi connectivity index (χ4n) is 2.34. The summed E-state index contributed by atoms with van der Waals surface area (Å²) in [5, 5.41) is 0. The molecule has 0 saturated heterocycles. The highest BCUT2D eigenvalue weighted by atomic mass is 15.2. The third kappa shape index (κ3) is 1.87. The Labute approximate surface area is 112 Å². The van der Waals surface area contributed by atoms with Crippen molar-refractivity contribution in [1.82, 2.24) is 9.55 Å². The molecule has 0 aliphatic rings. The topological polar surface area (TPSA) is 43.8 Å². The average Bonchev–Trinajstić information content (AvgIpc) is 2.68. The van der Waals surface area contributed by atoms with Crippen molar-refractivity contribution in [3.05, 3.63) is 53.1 Å². The molecule has 3 heteroatoms. The van der Waals surface area contributed by atoms with Crippen molar-refractivity contribution in [2.45, 2.75) is 20.8 Å². The van der Waals surface area contributed by atoms with Crippen LogP contribution >= 0.6 is 0 Å². The Morgan fingerprint density at radius 3 is 2.47 bits per heavy atom. The molecule has 0 unspecified atom stereocenters. The van der Waals surface area contributed by atoms with Crippen molar-refractivity contribution in [1.29, 1.82) is 0 Å². The highest BCUT2D eigenvalue weighted by molar-refractivity contribution is 5.81. The number of benzene rings is 2. The Hall–Kier alpha value is -2.29. The van der Waals surface area contributed by atoms with Crippen LogP contribution in [-0.2, 0) is 0 Å². The van der Waals surface area contributed by atoms with Crippen LogP contribution in [0.15, 0.2) is 36.4 Å². The van der Waals surface area contributed by atoms with Crippen LogP contribution in [0.25, 0.3) is 16.7 Å². The molecule has 3 nitrogen and oxygen atoms in total. The van der Waals surface area contributed by atoms with Gasteiger partial charge in [0.1, 0.15) is 0 Å². The first-order chi connectivity index (χ1) is 9.06. The molecule has 0 saturated carbocycles. The first-order valence-electron chi connectivity index (χ1n) is 6.38. The lowest BCUT2D eigenvalue weighted by Crippen LogP contribution is -2.01. The molecule has 0 amide bonds. The molecule has 0 radical (unpaired) electrons. The number of nitrogens with two attached hydrogens (primary N) is 1. The van der Waals surface area contributed by atoms with Crippen LogP contribution < -0.4 is 5.73 Å². The second-order valence-electron chi connectivity index (χ2n) is 5.07. The minimum Gasteiger partial charge on any atom is -0.369 e.